The Balaban J connectivity index is 1.81. The standard InChI is InChI=1S/C15H26N4OS/c1-11(2)14(20)15-12(16)10-13(21-15)17-4-5-19-8-6-18(3)7-9-19/h10-11,17H,4-9,16H2,1-3H3. The number of Topliss-reactive ketones (excluding diaryl/α,β-unsaturated/α-hetero) is 1. The Morgan fingerprint density at radius 2 is 2.05 bits per heavy atom. The van der Waals surface area contributed by atoms with Crippen molar-refractivity contribution < 1.29 is 4.79 Å². The Morgan fingerprint density at radius 3 is 2.67 bits per heavy atom. The van der Waals surface area contributed by atoms with Gasteiger partial charge in [0, 0.05) is 45.2 Å². The zero-order valence-corrected chi connectivity index (χ0v) is 14.0. The first-order valence-corrected chi connectivity index (χ1v) is 8.37. The minimum atomic E-state index is -0.0101. The molecule has 2 rings (SSSR count). The number of nitrogens with zero attached hydrogens (tertiary/aromatic N) is 2. The van der Waals surface area contributed by atoms with E-state index >= 15 is 0 Å². The van der Waals surface area contributed by atoms with E-state index in [9.17, 15) is 4.79 Å². The third-order valence-electron chi connectivity index (χ3n) is 3.83. The number of carbonyl (C=O) groups is 1. The van der Waals surface area contributed by atoms with Crippen LogP contribution in [-0.2, 0) is 0 Å². The number of nitrogen functional groups attached to an aromatic ring is 1. The molecule has 6 heteroatoms. The molecule has 2 heterocycles. The third-order valence-corrected chi connectivity index (χ3v) is 4.96. The van der Waals surface area contributed by atoms with Crippen LogP contribution in [0.25, 0.3) is 0 Å². The van der Waals surface area contributed by atoms with Gasteiger partial charge in [-0.25, -0.2) is 0 Å². The van der Waals surface area contributed by atoms with Crippen molar-refractivity contribution in [1.29, 1.82) is 0 Å². The fraction of sp³-hybridized carbons (Fsp3) is 0.667. The predicted octanol–water partition coefficient (Wildman–Crippen LogP) is 1.83. The van der Waals surface area contributed by atoms with E-state index in [1.165, 1.54) is 11.3 Å². The first-order valence-electron chi connectivity index (χ1n) is 7.55. The van der Waals surface area contributed by atoms with Crippen LogP contribution >= 0.6 is 11.3 Å². The number of likely N-dealkylation sites (N-methyl/N-ethyl adjacent to an activating group) is 1. The molecule has 0 spiro atoms. The lowest BCUT2D eigenvalue weighted by molar-refractivity contribution is 0.0944. The van der Waals surface area contributed by atoms with E-state index in [1.54, 1.807) is 0 Å². The van der Waals surface area contributed by atoms with Crippen molar-refractivity contribution in [2.24, 2.45) is 5.92 Å². The van der Waals surface area contributed by atoms with Crippen LogP contribution in [0.15, 0.2) is 6.07 Å². The number of thiophene rings is 1. The summed E-state index contributed by atoms with van der Waals surface area (Å²) in [6.07, 6.45) is 0. The van der Waals surface area contributed by atoms with Crippen LogP contribution < -0.4 is 11.1 Å². The number of carbonyl (C=O) groups excluding carboxylic acids is 1. The summed E-state index contributed by atoms with van der Waals surface area (Å²) in [5.41, 5.74) is 6.54. The summed E-state index contributed by atoms with van der Waals surface area (Å²) in [7, 11) is 2.16. The molecule has 5 nitrogen and oxygen atoms in total. The highest BCUT2D eigenvalue weighted by molar-refractivity contribution is 7.18. The minimum absolute atomic E-state index is 0.0101. The van der Waals surface area contributed by atoms with E-state index < -0.39 is 0 Å². The lowest BCUT2D eigenvalue weighted by Crippen LogP contribution is -2.45. The second kappa shape index (κ2) is 7.24. The normalized spacial score (nSPS) is 17.3. The zero-order chi connectivity index (χ0) is 15.4. The lowest BCUT2D eigenvalue weighted by atomic mass is 10.1. The number of hydrogen-bond donors (Lipinski definition) is 2. The molecule has 0 saturated carbocycles. The van der Waals surface area contributed by atoms with Gasteiger partial charge in [0.1, 0.15) is 0 Å². The first-order chi connectivity index (χ1) is 9.97. The Labute approximate surface area is 131 Å². The molecule has 0 aliphatic carbocycles. The van der Waals surface area contributed by atoms with Gasteiger partial charge in [0.2, 0.25) is 0 Å². The molecule has 1 aliphatic rings. The van der Waals surface area contributed by atoms with Gasteiger partial charge in [0.25, 0.3) is 0 Å². The van der Waals surface area contributed by atoms with Crippen LogP contribution in [0.2, 0.25) is 0 Å². The van der Waals surface area contributed by atoms with Crippen molar-refractivity contribution in [3.05, 3.63) is 10.9 Å². The van der Waals surface area contributed by atoms with Crippen LogP contribution in [0.1, 0.15) is 23.5 Å². The molecule has 1 aromatic heterocycles. The SMILES string of the molecule is CC(C)C(=O)c1sc(NCCN2CCN(C)CC2)cc1N. The maximum atomic E-state index is 12.0. The van der Waals surface area contributed by atoms with Gasteiger partial charge < -0.3 is 16.0 Å². The van der Waals surface area contributed by atoms with Gasteiger partial charge >= 0.3 is 0 Å². The summed E-state index contributed by atoms with van der Waals surface area (Å²) < 4.78 is 0. The number of anilines is 2. The summed E-state index contributed by atoms with van der Waals surface area (Å²) in [5, 5.41) is 4.38. The van der Waals surface area contributed by atoms with Gasteiger partial charge in [0.15, 0.2) is 5.78 Å². The van der Waals surface area contributed by atoms with E-state index in [0.29, 0.717) is 10.6 Å². The number of rotatable bonds is 6. The second-order valence-corrected chi connectivity index (χ2v) is 7.04. The highest BCUT2D eigenvalue weighted by Crippen LogP contribution is 2.31. The van der Waals surface area contributed by atoms with Crippen LogP contribution in [0.5, 0.6) is 0 Å². The van der Waals surface area contributed by atoms with E-state index in [0.717, 1.165) is 44.3 Å². The number of nitrogens with two attached hydrogens (primary N) is 1. The van der Waals surface area contributed by atoms with E-state index in [1.807, 2.05) is 19.9 Å². The van der Waals surface area contributed by atoms with Crippen LogP contribution in [-0.4, -0.2) is 61.9 Å². The maximum absolute atomic E-state index is 12.0. The quantitative estimate of drug-likeness (QED) is 0.785. The molecular formula is C15H26N4OS. The van der Waals surface area contributed by atoms with E-state index in [4.69, 9.17) is 5.73 Å². The minimum Gasteiger partial charge on any atom is -0.397 e. The van der Waals surface area contributed by atoms with Crippen molar-refractivity contribution in [3.8, 4) is 0 Å². The van der Waals surface area contributed by atoms with Gasteiger partial charge in [0.05, 0.1) is 15.6 Å². The molecule has 0 bridgehead atoms. The average molecular weight is 310 g/mol. The molecule has 118 valence electrons. The Kier molecular flexibility index (Phi) is 5.61. The molecule has 0 atom stereocenters. The van der Waals surface area contributed by atoms with Gasteiger partial charge in [-0.2, -0.15) is 0 Å². The van der Waals surface area contributed by atoms with E-state index in [-0.39, 0.29) is 11.7 Å². The first kappa shape index (κ1) is 16.3. The zero-order valence-electron chi connectivity index (χ0n) is 13.2. The van der Waals surface area contributed by atoms with Crippen LogP contribution in [0.3, 0.4) is 0 Å². The predicted molar refractivity (Wildman–Crippen MR) is 90.3 cm³/mol. The summed E-state index contributed by atoms with van der Waals surface area (Å²) >= 11 is 1.47. The maximum Gasteiger partial charge on any atom is 0.177 e. The fourth-order valence-corrected chi connectivity index (χ4v) is 3.45. The largest absolute Gasteiger partial charge is 0.397 e. The average Bonchev–Trinajstić information content (AvgIpc) is 2.81. The van der Waals surface area contributed by atoms with Crippen LogP contribution in [0.4, 0.5) is 10.7 Å². The van der Waals surface area contributed by atoms with Gasteiger partial charge in [-0.05, 0) is 13.1 Å². The molecule has 0 amide bonds. The molecular weight excluding hydrogens is 284 g/mol. The van der Waals surface area contributed by atoms with Crippen LogP contribution in [0, 0.1) is 5.92 Å². The molecule has 1 aromatic rings. The molecule has 0 aromatic carbocycles. The van der Waals surface area contributed by atoms with Crippen molar-refractivity contribution in [2.45, 2.75) is 13.8 Å². The van der Waals surface area contributed by atoms with Gasteiger partial charge in [-0.3, -0.25) is 9.69 Å². The molecule has 1 saturated heterocycles. The molecule has 1 fully saturated rings. The van der Waals surface area contributed by atoms with Crippen molar-refractivity contribution >= 4 is 27.8 Å². The summed E-state index contributed by atoms with van der Waals surface area (Å²) in [6.45, 7) is 10.3. The summed E-state index contributed by atoms with van der Waals surface area (Å²) in [4.78, 5) is 17.5. The van der Waals surface area contributed by atoms with E-state index in [2.05, 4.69) is 22.2 Å². The topological polar surface area (TPSA) is 61.6 Å². The highest BCUT2D eigenvalue weighted by atomic mass is 32.1. The summed E-state index contributed by atoms with van der Waals surface area (Å²) in [6, 6.07) is 1.88. The number of ketones is 1. The molecule has 0 unspecified atom stereocenters. The number of hydrogen-bond acceptors (Lipinski definition) is 6. The smallest absolute Gasteiger partial charge is 0.177 e. The highest BCUT2D eigenvalue weighted by Gasteiger charge is 2.17. The Morgan fingerprint density at radius 1 is 1.38 bits per heavy atom. The van der Waals surface area contributed by atoms with Crippen molar-refractivity contribution in [2.75, 3.05) is 57.4 Å². The number of piperazine rings is 1. The lowest BCUT2D eigenvalue weighted by Gasteiger charge is -2.32. The summed E-state index contributed by atoms with van der Waals surface area (Å²) in [5.74, 6) is 0.119. The number of nitrogens with one attached hydrogen (secondary N) is 1. The molecule has 21 heavy (non-hydrogen) atoms. The fourth-order valence-electron chi connectivity index (χ4n) is 2.36. The van der Waals surface area contributed by atoms with Crippen molar-refractivity contribution in [1.82, 2.24) is 9.80 Å². The third kappa shape index (κ3) is 4.43. The molecule has 1 aliphatic heterocycles. The molecule has 0 radical (unpaired) electrons. The molecule has 3 N–H and O–H groups in total. The Hall–Kier alpha value is -1.11. The monoisotopic (exact) mass is 310 g/mol. The Bertz CT molecular complexity index is 478. The second-order valence-electron chi connectivity index (χ2n) is 5.99. The van der Waals surface area contributed by atoms with Gasteiger partial charge in [-0.15, -0.1) is 11.3 Å². The van der Waals surface area contributed by atoms with Gasteiger partial charge in [-0.1, -0.05) is 13.8 Å². The van der Waals surface area contributed by atoms with Crippen molar-refractivity contribution in [3.63, 3.8) is 0 Å².